The summed E-state index contributed by atoms with van der Waals surface area (Å²) in [6.07, 6.45) is 13.5. The number of carbonyl (C=O) groups excluding carboxylic acids is 1. The number of imidazole rings is 1. The van der Waals surface area contributed by atoms with Crippen molar-refractivity contribution in [3.8, 4) is 0 Å². The standard InChI is InChI=1S/C29H38N8O2/c1-17-6-8-19(9-7-17)16-37-22-23(31-18(2)20-4-3-5-20)32-25(26-35-28(38)39-36-26)33-24(22)34-27(37)29(12-13-29)21-10-14-30-15-11-21/h10-11,14-15,17-20,26,36H,3-9,12-13,16H2,1-2H3,(H,35,38)(H,31,32,33)/t17?,18-,19?,26?/m1/s1. The van der Waals surface area contributed by atoms with Gasteiger partial charge >= 0.3 is 6.09 Å². The average molecular weight is 531 g/mol. The summed E-state index contributed by atoms with van der Waals surface area (Å²) >= 11 is 0. The number of nitrogens with zero attached hydrogens (tertiary/aromatic N) is 5. The Labute approximate surface area is 228 Å². The normalized spacial score (nSPS) is 27.0. The van der Waals surface area contributed by atoms with Gasteiger partial charge in [0.15, 0.2) is 23.5 Å². The van der Waals surface area contributed by atoms with Gasteiger partial charge < -0.3 is 14.7 Å². The number of amides is 1. The molecule has 10 nitrogen and oxygen atoms in total. The number of nitrogens with one attached hydrogen (secondary N) is 3. The van der Waals surface area contributed by atoms with Crippen molar-refractivity contribution in [3.63, 3.8) is 0 Å². The number of anilines is 1. The van der Waals surface area contributed by atoms with E-state index in [9.17, 15) is 4.79 Å². The lowest BCUT2D eigenvalue weighted by atomic mass is 9.80. The van der Waals surface area contributed by atoms with Crippen LogP contribution in [0.4, 0.5) is 10.6 Å². The van der Waals surface area contributed by atoms with E-state index in [1.807, 2.05) is 12.4 Å². The van der Waals surface area contributed by atoms with Gasteiger partial charge in [-0.25, -0.2) is 19.7 Å². The second-order valence-electron chi connectivity index (χ2n) is 12.3. The third kappa shape index (κ3) is 4.52. The fourth-order valence-electron chi connectivity index (χ4n) is 6.71. The topological polar surface area (TPSA) is 119 Å². The molecule has 1 unspecified atom stereocenters. The van der Waals surface area contributed by atoms with E-state index in [2.05, 4.69) is 51.6 Å². The van der Waals surface area contributed by atoms with Gasteiger partial charge in [0.1, 0.15) is 11.3 Å². The van der Waals surface area contributed by atoms with Crippen LogP contribution in [0.3, 0.4) is 0 Å². The summed E-state index contributed by atoms with van der Waals surface area (Å²) in [5, 5.41) is 6.52. The van der Waals surface area contributed by atoms with Crippen molar-refractivity contribution in [2.45, 2.75) is 95.8 Å². The molecule has 1 aliphatic heterocycles. The van der Waals surface area contributed by atoms with Crippen molar-refractivity contribution >= 4 is 23.1 Å². The van der Waals surface area contributed by atoms with Crippen molar-refractivity contribution < 1.29 is 9.63 Å². The van der Waals surface area contributed by atoms with Crippen LogP contribution in [0.2, 0.25) is 0 Å². The fraction of sp³-hybridized carbons (Fsp3) is 0.621. The number of hydrogen-bond acceptors (Lipinski definition) is 8. The molecule has 4 aliphatic rings. The monoisotopic (exact) mass is 530 g/mol. The van der Waals surface area contributed by atoms with Gasteiger partial charge in [-0.05, 0) is 80.9 Å². The lowest BCUT2D eigenvalue weighted by molar-refractivity contribution is 0.120. The van der Waals surface area contributed by atoms with E-state index in [1.54, 1.807) is 0 Å². The van der Waals surface area contributed by atoms with Gasteiger partial charge in [0, 0.05) is 25.0 Å². The Balaban J connectivity index is 1.37. The van der Waals surface area contributed by atoms with E-state index in [0.717, 1.165) is 42.5 Å². The van der Waals surface area contributed by atoms with Gasteiger partial charge in [-0.3, -0.25) is 10.3 Å². The van der Waals surface area contributed by atoms with Crippen molar-refractivity contribution in [3.05, 3.63) is 41.7 Å². The number of hydroxylamine groups is 1. The minimum atomic E-state index is -0.620. The van der Waals surface area contributed by atoms with E-state index in [0.29, 0.717) is 23.3 Å². The Hall–Kier alpha value is -3.27. The van der Waals surface area contributed by atoms with Gasteiger partial charge in [0.25, 0.3) is 0 Å². The SMILES string of the molecule is CC1CCC(Cn2c(C3(c4ccncc4)CC3)nc3nc(C4NOC(=O)N4)nc(N[C@H](C)C4CCC4)c32)CC1. The molecule has 7 rings (SSSR count). The van der Waals surface area contributed by atoms with Crippen LogP contribution in [0.15, 0.2) is 24.5 Å². The second-order valence-corrected chi connectivity index (χ2v) is 12.3. The molecule has 0 aromatic carbocycles. The van der Waals surface area contributed by atoms with Crippen molar-refractivity contribution in [1.82, 2.24) is 35.3 Å². The summed E-state index contributed by atoms with van der Waals surface area (Å²) in [6, 6.07) is 4.54. The van der Waals surface area contributed by atoms with Crippen LogP contribution >= 0.6 is 0 Å². The van der Waals surface area contributed by atoms with Gasteiger partial charge in [-0.2, -0.15) is 0 Å². The molecule has 0 radical (unpaired) electrons. The molecule has 3 aromatic rings. The average Bonchev–Trinajstić information content (AvgIpc) is 3.46. The summed E-state index contributed by atoms with van der Waals surface area (Å²) in [4.78, 5) is 36.2. The van der Waals surface area contributed by atoms with E-state index in [-0.39, 0.29) is 11.5 Å². The quantitative estimate of drug-likeness (QED) is 0.374. The minimum Gasteiger partial charge on any atom is -0.365 e. The number of carbonyl (C=O) groups is 1. The Kier molecular flexibility index (Phi) is 6.17. The number of rotatable bonds is 8. The highest BCUT2D eigenvalue weighted by molar-refractivity contribution is 5.85. The molecule has 0 spiro atoms. The van der Waals surface area contributed by atoms with E-state index < -0.39 is 12.3 Å². The summed E-state index contributed by atoms with van der Waals surface area (Å²) in [7, 11) is 0. The highest BCUT2D eigenvalue weighted by Gasteiger charge is 2.50. The first-order chi connectivity index (χ1) is 19.0. The van der Waals surface area contributed by atoms with Crippen LogP contribution in [0.5, 0.6) is 0 Å². The van der Waals surface area contributed by atoms with Crippen molar-refractivity contribution in [1.29, 1.82) is 0 Å². The molecule has 3 N–H and O–H groups in total. The lowest BCUT2D eigenvalue weighted by Crippen LogP contribution is -2.32. The maximum Gasteiger partial charge on any atom is 0.427 e. The number of aromatic nitrogens is 5. The van der Waals surface area contributed by atoms with E-state index >= 15 is 0 Å². The van der Waals surface area contributed by atoms with Crippen LogP contribution in [-0.4, -0.2) is 36.6 Å². The molecule has 1 amide bonds. The molecule has 3 aliphatic carbocycles. The van der Waals surface area contributed by atoms with Gasteiger partial charge in [0.2, 0.25) is 0 Å². The van der Waals surface area contributed by atoms with Gasteiger partial charge in [-0.15, -0.1) is 5.48 Å². The molecular weight excluding hydrogens is 492 g/mol. The first-order valence-corrected chi connectivity index (χ1v) is 14.7. The molecule has 0 bridgehead atoms. The van der Waals surface area contributed by atoms with Crippen LogP contribution in [0.1, 0.15) is 95.0 Å². The Morgan fingerprint density at radius 1 is 1.10 bits per heavy atom. The number of fused-ring (bicyclic) bond motifs is 1. The Morgan fingerprint density at radius 2 is 1.87 bits per heavy atom. The van der Waals surface area contributed by atoms with Crippen LogP contribution in [-0.2, 0) is 16.8 Å². The zero-order valence-corrected chi connectivity index (χ0v) is 22.8. The first kappa shape index (κ1) is 24.7. The van der Waals surface area contributed by atoms with Crippen LogP contribution in [0.25, 0.3) is 11.2 Å². The second kappa shape index (κ2) is 9.73. The third-order valence-corrected chi connectivity index (χ3v) is 9.62. The molecule has 4 fully saturated rings. The predicted molar refractivity (Wildman–Crippen MR) is 147 cm³/mol. The summed E-state index contributed by atoms with van der Waals surface area (Å²) in [6.45, 7) is 5.54. The Bertz CT molecular complexity index is 1360. The lowest BCUT2D eigenvalue weighted by Gasteiger charge is -2.32. The molecule has 206 valence electrons. The molecule has 3 saturated carbocycles. The highest BCUT2D eigenvalue weighted by atomic mass is 16.7. The predicted octanol–water partition coefficient (Wildman–Crippen LogP) is 4.97. The molecule has 3 aromatic heterocycles. The number of pyridine rings is 1. The first-order valence-electron chi connectivity index (χ1n) is 14.7. The molecular formula is C29H38N8O2. The minimum absolute atomic E-state index is 0.133. The molecule has 39 heavy (non-hydrogen) atoms. The smallest absolute Gasteiger partial charge is 0.365 e. The zero-order chi connectivity index (χ0) is 26.6. The van der Waals surface area contributed by atoms with Gasteiger partial charge in [0.05, 0.1) is 5.41 Å². The van der Waals surface area contributed by atoms with E-state index in [1.165, 1.54) is 50.5 Å². The molecule has 4 heterocycles. The summed E-state index contributed by atoms with van der Waals surface area (Å²) in [5.41, 5.74) is 5.49. The number of hydrogen-bond donors (Lipinski definition) is 3. The largest absolute Gasteiger partial charge is 0.427 e. The van der Waals surface area contributed by atoms with E-state index in [4.69, 9.17) is 19.8 Å². The maximum absolute atomic E-state index is 11.8. The molecule has 2 atom stereocenters. The zero-order valence-electron chi connectivity index (χ0n) is 22.8. The highest BCUT2D eigenvalue weighted by Crippen LogP contribution is 2.54. The van der Waals surface area contributed by atoms with Crippen LogP contribution < -0.4 is 16.1 Å². The molecule has 10 heteroatoms. The third-order valence-electron chi connectivity index (χ3n) is 9.62. The van der Waals surface area contributed by atoms with Crippen molar-refractivity contribution in [2.24, 2.45) is 17.8 Å². The summed E-state index contributed by atoms with van der Waals surface area (Å²) < 4.78 is 2.44. The fourth-order valence-corrected chi connectivity index (χ4v) is 6.71. The van der Waals surface area contributed by atoms with Crippen molar-refractivity contribution in [2.75, 3.05) is 5.32 Å². The van der Waals surface area contributed by atoms with Gasteiger partial charge in [-0.1, -0.05) is 26.2 Å². The Morgan fingerprint density at radius 3 is 2.51 bits per heavy atom. The summed E-state index contributed by atoms with van der Waals surface area (Å²) in [5.74, 6) is 4.36. The molecule has 1 saturated heterocycles. The maximum atomic E-state index is 11.8. The van der Waals surface area contributed by atoms with Crippen LogP contribution in [0, 0.1) is 17.8 Å².